The van der Waals surface area contributed by atoms with Crippen LogP contribution in [0.3, 0.4) is 0 Å². The molecular weight excluding hydrogens is 542 g/mol. The lowest BCUT2D eigenvalue weighted by molar-refractivity contribution is -0.142. The molecule has 1 heterocycles. The first-order valence-electron chi connectivity index (χ1n) is 14.7. The number of rotatable bonds is 14. The number of benzene rings is 4. The molecule has 0 fully saturated rings. The average Bonchev–Trinajstić information content (AvgIpc) is 3.03. The maximum absolute atomic E-state index is 13.0. The molecule has 8 nitrogen and oxygen atoms in total. The van der Waals surface area contributed by atoms with Gasteiger partial charge in [0.2, 0.25) is 0 Å². The Bertz CT molecular complexity index is 1700. The Morgan fingerprint density at radius 3 is 2.40 bits per heavy atom. The standard InChI is InChI=1S/C35H35N3O5/c1-2-3-5-27(35(41)42)20-23-6-13-29(14-7-23)43-19-4-17-37-33(39)24-8-11-28(12-9-24)38-34(40)30-15-10-25-21-31(30)32-22-26(25)16-18-36-32/h6-16,18,21-22,27H,2-5,17,19-20H2,1H3,(H,37,39)(H,38,40)(H,41,42). The molecule has 5 rings (SSSR count). The molecule has 2 amide bonds. The van der Waals surface area contributed by atoms with Gasteiger partial charge in [0.05, 0.1) is 18.0 Å². The number of carboxylic acids is 1. The predicted molar refractivity (Wildman–Crippen MR) is 168 cm³/mol. The van der Waals surface area contributed by atoms with Gasteiger partial charge in [-0.3, -0.25) is 19.4 Å². The number of anilines is 1. The number of carboxylic acid groups (broad SMARTS) is 1. The first-order chi connectivity index (χ1) is 20.9. The van der Waals surface area contributed by atoms with E-state index >= 15 is 0 Å². The first kappa shape index (κ1) is 29.5. The normalized spacial score (nSPS) is 11.8. The summed E-state index contributed by atoms with van der Waals surface area (Å²) in [6.07, 6.45) is 5.45. The van der Waals surface area contributed by atoms with Crippen LogP contribution in [0.1, 0.15) is 58.9 Å². The Labute approximate surface area is 250 Å². The van der Waals surface area contributed by atoms with E-state index in [9.17, 15) is 19.5 Å². The SMILES string of the molecule is CCCCC(Cc1ccc(OCCCNC(=O)c2ccc(NC(=O)c3ccc4cc3c3cc4ccn3)cc2)cc1)C(=O)O. The number of aromatic nitrogens is 1. The van der Waals surface area contributed by atoms with Crippen molar-refractivity contribution in [3.63, 3.8) is 0 Å². The number of pyridine rings is 1. The van der Waals surface area contributed by atoms with Gasteiger partial charge in [-0.1, -0.05) is 38.0 Å². The smallest absolute Gasteiger partial charge is 0.306 e. The molecule has 0 saturated heterocycles. The largest absolute Gasteiger partial charge is 0.494 e. The number of hydrogen-bond acceptors (Lipinski definition) is 5. The molecular formula is C35H35N3O5. The number of carbonyl (C=O) groups is 3. The highest BCUT2D eigenvalue weighted by Gasteiger charge is 2.17. The second-order valence-corrected chi connectivity index (χ2v) is 10.7. The Hall–Kier alpha value is -4.98. The van der Waals surface area contributed by atoms with Gasteiger partial charge in [-0.2, -0.15) is 0 Å². The molecule has 1 unspecified atom stereocenters. The van der Waals surface area contributed by atoms with E-state index < -0.39 is 5.97 Å². The zero-order valence-electron chi connectivity index (χ0n) is 24.1. The second kappa shape index (κ2) is 13.8. The Balaban J connectivity index is 1.05. The van der Waals surface area contributed by atoms with Crippen molar-refractivity contribution in [2.45, 2.75) is 39.0 Å². The second-order valence-electron chi connectivity index (χ2n) is 10.7. The summed E-state index contributed by atoms with van der Waals surface area (Å²) in [4.78, 5) is 41.5. The molecule has 5 aromatic rings. The highest BCUT2D eigenvalue weighted by Crippen LogP contribution is 2.27. The third kappa shape index (κ3) is 7.46. The Morgan fingerprint density at radius 2 is 1.65 bits per heavy atom. The number of aliphatic carboxylic acids is 1. The zero-order valence-corrected chi connectivity index (χ0v) is 24.1. The van der Waals surface area contributed by atoms with E-state index in [0.29, 0.717) is 55.0 Å². The van der Waals surface area contributed by atoms with Crippen LogP contribution in [-0.4, -0.2) is 41.0 Å². The number of nitrogens with one attached hydrogen (secondary N) is 2. The number of ether oxygens (including phenoxy) is 1. The quantitative estimate of drug-likeness (QED) is 0.126. The minimum atomic E-state index is -0.751. The molecule has 0 spiro atoms. The maximum atomic E-state index is 13.0. The maximum Gasteiger partial charge on any atom is 0.306 e. The van der Waals surface area contributed by atoms with Crippen molar-refractivity contribution >= 4 is 45.1 Å². The summed E-state index contributed by atoms with van der Waals surface area (Å²) in [6, 6.07) is 24.0. The number of carbonyl (C=O) groups excluding carboxylic acids is 2. The highest BCUT2D eigenvalue weighted by molar-refractivity contribution is 6.15. The lowest BCUT2D eigenvalue weighted by Gasteiger charge is -2.12. The van der Waals surface area contributed by atoms with Gasteiger partial charge in [-0.25, -0.2) is 0 Å². The van der Waals surface area contributed by atoms with Crippen LogP contribution in [-0.2, 0) is 11.2 Å². The minimum absolute atomic E-state index is 0.204. The first-order valence-corrected chi connectivity index (χ1v) is 14.7. The van der Waals surface area contributed by atoms with Crippen LogP contribution in [0.2, 0.25) is 0 Å². The van der Waals surface area contributed by atoms with Crippen LogP contribution in [0.5, 0.6) is 5.75 Å². The molecule has 0 saturated carbocycles. The molecule has 0 aliphatic carbocycles. The summed E-state index contributed by atoms with van der Waals surface area (Å²) >= 11 is 0. The van der Waals surface area contributed by atoms with Crippen molar-refractivity contribution in [2.24, 2.45) is 5.92 Å². The molecule has 8 heteroatoms. The van der Waals surface area contributed by atoms with E-state index in [0.717, 1.165) is 40.1 Å². The van der Waals surface area contributed by atoms with E-state index in [1.807, 2.05) is 54.6 Å². The van der Waals surface area contributed by atoms with E-state index in [2.05, 4.69) is 22.5 Å². The molecule has 220 valence electrons. The van der Waals surface area contributed by atoms with Crippen LogP contribution in [0.15, 0.2) is 85.1 Å². The van der Waals surface area contributed by atoms with Crippen molar-refractivity contribution in [2.75, 3.05) is 18.5 Å². The van der Waals surface area contributed by atoms with Gasteiger partial charge in [0.15, 0.2) is 0 Å². The third-order valence-corrected chi connectivity index (χ3v) is 7.57. The van der Waals surface area contributed by atoms with Gasteiger partial charge in [-0.15, -0.1) is 0 Å². The predicted octanol–water partition coefficient (Wildman–Crippen LogP) is 6.71. The number of amides is 2. The lowest BCUT2D eigenvalue weighted by Crippen LogP contribution is -2.25. The van der Waals surface area contributed by atoms with Gasteiger partial charge >= 0.3 is 5.97 Å². The van der Waals surface area contributed by atoms with Crippen LogP contribution in [0.25, 0.3) is 21.7 Å². The van der Waals surface area contributed by atoms with Gasteiger partial charge < -0.3 is 20.5 Å². The molecule has 1 atom stereocenters. The van der Waals surface area contributed by atoms with Gasteiger partial charge in [0, 0.05) is 34.9 Å². The van der Waals surface area contributed by atoms with Crippen molar-refractivity contribution in [1.29, 1.82) is 0 Å². The van der Waals surface area contributed by atoms with Crippen LogP contribution < -0.4 is 15.4 Å². The Morgan fingerprint density at radius 1 is 0.884 bits per heavy atom. The lowest BCUT2D eigenvalue weighted by atomic mass is 9.94. The molecule has 1 aromatic heterocycles. The summed E-state index contributed by atoms with van der Waals surface area (Å²) in [5, 5.41) is 18.2. The van der Waals surface area contributed by atoms with E-state index in [-0.39, 0.29) is 17.7 Å². The van der Waals surface area contributed by atoms with Gasteiger partial charge in [0.1, 0.15) is 5.75 Å². The summed E-state index contributed by atoms with van der Waals surface area (Å²) in [5.41, 5.74) is 3.38. The molecule has 4 aromatic carbocycles. The summed E-state index contributed by atoms with van der Waals surface area (Å²) in [5.74, 6) is -0.855. The van der Waals surface area contributed by atoms with Crippen molar-refractivity contribution in [3.05, 3.63) is 102 Å². The molecule has 43 heavy (non-hydrogen) atoms. The van der Waals surface area contributed by atoms with Gasteiger partial charge in [-0.05, 0) is 96.3 Å². The summed E-state index contributed by atoms with van der Waals surface area (Å²) < 4.78 is 5.78. The van der Waals surface area contributed by atoms with Gasteiger partial charge in [0.25, 0.3) is 11.8 Å². The number of fused-ring (bicyclic) bond motifs is 6. The third-order valence-electron chi connectivity index (χ3n) is 7.57. The van der Waals surface area contributed by atoms with Crippen molar-refractivity contribution in [1.82, 2.24) is 10.3 Å². The van der Waals surface area contributed by atoms with Crippen LogP contribution >= 0.6 is 0 Å². The fourth-order valence-electron chi connectivity index (χ4n) is 5.13. The monoisotopic (exact) mass is 577 g/mol. The minimum Gasteiger partial charge on any atom is -0.494 e. The van der Waals surface area contributed by atoms with Crippen molar-refractivity contribution in [3.8, 4) is 5.75 Å². The molecule has 4 bridgehead atoms. The van der Waals surface area contributed by atoms with E-state index in [1.54, 1.807) is 30.5 Å². The van der Waals surface area contributed by atoms with E-state index in [4.69, 9.17) is 4.74 Å². The van der Waals surface area contributed by atoms with E-state index in [1.165, 1.54) is 0 Å². The number of hydrogen-bond donors (Lipinski definition) is 3. The molecule has 0 aliphatic heterocycles. The van der Waals surface area contributed by atoms with Crippen molar-refractivity contribution < 1.29 is 24.2 Å². The average molecular weight is 578 g/mol. The summed E-state index contributed by atoms with van der Waals surface area (Å²) in [7, 11) is 0. The van der Waals surface area contributed by atoms with Crippen LogP contribution in [0.4, 0.5) is 5.69 Å². The topological polar surface area (TPSA) is 118 Å². The molecule has 3 N–H and O–H groups in total. The highest BCUT2D eigenvalue weighted by atomic mass is 16.5. The number of unbranched alkanes of at least 4 members (excludes halogenated alkanes) is 1. The fourth-order valence-corrected chi connectivity index (χ4v) is 5.13. The fraction of sp³-hybridized carbons (Fsp3) is 0.257. The summed E-state index contributed by atoms with van der Waals surface area (Å²) in [6.45, 7) is 2.94. The molecule has 0 aliphatic rings. The number of nitrogens with zero attached hydrogens (tertiary/aromatic N) is 1. The molecule has 0 radical (unpaired) electrons. The van der Waals surface area contributed by atoms with Crippen LogP contribution in [0, 0.1) is 5.92 Å². The Kier molecular flexibility index (Phi) is 9.46. The zero-order chi connectivity index (χ0) is 30.2.